The third-order valence-corrected chi connectivity index (χ3v) is 4.51. The van der Waals surface area contributed by atoms with Crippen molar-refractivity contribution in [2.45, 2.75) is 12.8 Å². The van der Waals surface area contributed by atoms with Gasteiger partial charge in [-0.1, -0.05) is 12.1 Å². The number of carbonyl (C=O) groups excluding carboxylic acids is 1. The van der Waals surface area contributed by atoms with Gasteiger partial charge >= 0.3 is 0 Å². The van der Waals surface area contributed by atoms with Gasteiger partial charge in [0.1, 0.15) is 5.75 Å². The van der Waals surface area contributed by atoms with E-state index in [4.69, 9.17) is 4.74 Å². The molecule has 5 nitrogen and oxygen atoms in total. The van der Waals surface area contributed by atoms with Crippen molar-refractivity contribution in [3.8, 4) is 5.75 Å². The fourth-order valence-electron chi connectivity index (χ4n) is 2.99. The summed E-state index contributed by atoms with van der Waals surface area (Å²) in [6.07, 6.45) is 3.17. The molecule has 3 aromatic rings. The SMILES string of the molecule is COc1ccc2[nH]cc(CCNC(=O)Cc3ccc(N(C)C)cc3)c2c1. The predicted molar refractivity (Wildman–Crippen MR) is 106 cm³/mol. The maximum Gasteiger partial charge on any atom is 0.224 e. The second-order valence-electron chi connectivity index (χ2n) is 6.56. The highest BCUT2D eigenvalue weighted by Crippen LogP contribution is 2.23. The number of amides is 1. The number of nitrogens with zero attached hydrogens (tertiary/aromatic N) is 1. The summed E-state index contributed by atoms with van der Waals surface area (Å²) in [5.74, 6) is 0.878. The van der Waals surface area contributed by atoms with Crippen LogP contribution in [0.4, 0.5) is 5.69 Å². The first-order valence-electron chi connectivity index (χ1n) is 8.74. The van der Waals surface area contributed by atoms with E-state index in [1.807, 2.05) is 67.7 Å². The molecular weight excluding hydrogens is 326 g/mol. The van der Waals surface area contributed by atoms with Crippen LogP contribution in [0.2, 0.25) is 0 Å². The van der Waals surface area contributed by atoms with Crippen molar-refractivity contribution in [1.29, 1.82) is 0 Å². The van der Waals surface area contributed by atoms with Crippen LogP contribution in [0.3, 0.4) is 0 Å². The van der Waals surface area contributed by atoms with Crippen molar-refractivity contribution >= 4 is 22.5 Å². The molecule has 0 unspecified atom stereocenters. The van der Waals surface area contributed by atoms with Gasteiger partial charge in [-0.2, -0.15) is 0 Å². The van der Waals surface area contributed by atoms with Crippen molar-refractivity contribution in [2.75, 3.05) is 32.6 Å². The topological polar surface area (TPSA) is 57.4 Å². The van der Waals surface area contributed by atoms with Gasteiger partial charge in [-0.25, -0.2) is 0 Å². The van der Waals surface area contributed by atoms with Gasteiger partial charge in [0, 0.05) is 43.4 Å². The van der Waals surface area contributed by atoms with Crippen LogP contribution in [0.25, 0.3) is 10.9 Å². The first-order chi connectivity index (χ1) is 12.6. The normalized spacial score (nSPS) is 10.7. The Kier molecular flexibility index (Phi) is 5.46. The Labute approximate surface area is 154 Å². The summed E-state index contributed by atoms with van der Waals surface area (Å²) in [5.41, 5.74) is 4.40. The second kappa shape index (κ2) is 7.95. The number of nitrogens with one attached hydrogen (secondary N) is 2. The molecule has 0 saturated carbocycles. The zero-order valence-electron chi connectivity index (χ0n) is 15.5. The number of benzene rings is 2. The van der Waals surface area contributed by atoms with Gasteiger partial charge in [-0.3, -0.25) is 4.79 Å². The predicted octanol–water partition coefficient (Wildman–Crippen LogP) is 3.14. The molecule has 0 spiro atoms. The van der Waals surface area contributed by atoms with Gasteiger partial charge in [0.25, 0.3) is 0 Å². The lowest BCUT2D eigenvalue weighted by Gasteiger charge is -2.12. The zero-order valence-corrected chi connectivity index (χ0v) is 15.5. The van der Waals surface area contributed by atoms with Gasteiger partial charge in [0.15, 0.2) is 0 Å². The number of H-pyrrole nitrogens is 1. The van der Waals surface area contributed by atoms with Crippen molar-refractivity contribution < 1.29 is 9.53 Å². The minimum atomic E-state index is 0.0417. The van der Waals surface area contributed by atoms with E-state index in [9.17, 15) is 4.79 Å². The molecule has 0 fully saturated rings. The van der Waals surface area contributed by atoms with Crippen molar-refractivity contribution in [1.82, 2.24) is 10.3 Å². The van der Waals surface area contributed by atoms with Crippen LogP contribution >= 0.6 is 0 Å². The molecule has 1 heterocycles. The number of rotatable bonds is 7. The number of ether oxygens (including phenoxy) is 1. The van der Waals surface area contributed by atoms with Crippen LogP contribution < -0.4 is 15.0 Å². The molecule has 5 heteroatoms. The molecule has 136 valence electrons. The Morgan fingerprint density at radius 2 is 1.92 bits per heavy atom. The fraction of sp³-hybridized carbons (Fsp3) is 0.286. The highest BCUT2D eigenvalue weighted by Gasteiger charge is 2.07. The van der Waals surface area contributed by atoms with E-state index in [2.05, 4.69) is 10.3 Å². The van der Waals surface area contributed by atoms with Crippen LogP contribution in [0.15, 0.2) is 48.7 Å². The van der Waals surface area contributed by atoms with E-state index in [-0.39, 0.29) is 5.91 Å². The lowest BCUT2D eigenvalue weighted by molar-refractivity contribution is -0.120. The molecule has 3 rings (SSSR count). The van der Waals surface area contributed by atoms with Crippen LogP contribution in [-0.4, -0.2) is 38.6 Å². The average molecular weight is 351 g/mol. The molecule has 0 aliphatic heterocycles. The second-order valence-corrected chi connectivity index (χ2v) is 6.56. The summed E-state index contributed by atoms with van der Waals surface area (Å²) in [6.45, 7) is 0.610. The molecule has 0 saturated heterocycles. The Balaban J connectivity index is 1.53. The number of aromatic amines is 1. The maximum atomic E-state index is 12.2. The highest BCUT2D eigenvalue weighted by molar-refractivity contribution is 5.85. The van der Waals surface area contributed by atoms with Gasteiger partial charge < -0.3 is 19.9 Å². The largest absolute Gasteiger partial charge is 0.497 e. The molecule has 2 aromatic carbocycles. The smallest absolute Gasteiger partial charge is 0.224 e. The van der Waals surface area contributed by atoms with Crippen molar-refractivity contribution in [3.63, 3.8) is 0 Å². The Bertz CT molecular complexity index is 882. The molecule has 0 atom stereocenters. The number of hydrogen-bond acceptors (Lipinski definition) is 3. The minimum Gasteiger partial charge on any atom is -0.497 e. The maximum absolute atomic E-state index is 12.2. The summed E-state index contributed by atoms with van der Waals surface area (Å²) in [4.78, 5) is 17.5. The number of hydrogen-bond donors (Lipinski definition) is 2. The molecule has 1 aromatic heterocycles. The van der Waals surface area contributed by atoms with Crippen LogP contribution in [0.1, 0.15) is 11.1 Å². The summed E-state index contributed by atoms with van der Waals surface area (Å²) in [7, 11) is 5.67. The lowest BCUT2D eigenvalue weighted by Crippen LogP contribution is -2.27. The van der Waals surface area contributed by atoms with Crippen molar-refractivity contribution in [3.05, 3.63) is 59.8 Å². The van der Waals surface area contributed by atoms with E-state index in [0.29, 0.717) is 13.0 Å². The number of fused-ring (bicyclic) bond motifs is 1. The van der Waals surface area contributed by atoms with E-state index in [0.717, 1.165) is 34.3 Å². The van der Waals surface area contributed by atoms with Gasteiger partial charge in [0.05, 0.1) is 13.5 Å². The summed E-state index contributed by atoms with van der Waals surface area (Å²) in [5, 5.41) is 4.14. The fourth-order valence-corrected chi connectivity index (χ4v) is 2.99. The quantitative estimate of drug-likeness (QED) is 0.687. The molecule has 0 aliphatic rings. The molecule has 2 N–H and O–H groups in total. The first-order valence-corrected chi connectivity index (χ1v) is 8.74. The molecule has 0 aliphatic carbocycles. The van der Waals surface area contributed by atoms with Crippen molar-refractivity contribution in [2.24, 2.45) is 0 Å². The van der Waals surface area contributed by atoms with Gasteiger partial charge in [0.2, 0.25) is 5.91 Å². The van der Waals surface area contributed by atoms with Crippen LogP contribution in [0, 0.1) is 0 Å². The minimum absolute atomic E-state index is 0.0417. The molecule has 0 bridgehead atoms. The molecule has 0 radical (unpaired) electrons. The zero-order chi connectivity index (χ0) is 18.5. The lowest BCUT2D eigenvalue weighted by atomic mass is 10.1. The summed E-state index contributed by atoms with van der Waals surface area (Å²) >= 11 is 0. The monoisotopic (exact) mass is 351 g/mol. The third kappa shape index (κ3) is 4.17. The summed E-state index contributed by atoms with van der Waals surface area (Å²) < 4.78 is 5.29. The molecule has 26 heavy (non-hydrogen) atoms. The average Bonchev–Trinajstić information content (AvgIpc) is 3.04. The Morgan fingerprint density at radius 3 is 2.62 bits per heavy atom. The third-order valence-electron chi connectivity index (χ3n) is 4.51. The molecular formula is C21H25N3O2. The van der Waals surface area contributed by atoms with Crippen LogP contribution in [-0.2, 0) is 17.6 Å². The Hall–Kier alpha value is -2.95. The first kappa shape index (κ1) is 17.9. The van der Waals surface area contributed by atoms with E-state index in [1.54, 1.807) is 7.11 Å². The molecule has 1 amide bonds. The number of methoxy groups -OCH3 is 1. The van der Waals surface area contributed by atoms with E-state index in [1.165, 1.54) is 5.56 Å². The number of carbonyl (C=O) groups is 1. The van der Waals surface area contributed by atoms with Gasteiger partial charge in [-0.05, 0) is 47.9 Å². The van der Waals surface area contributed by atoms with E-state index < -0.39 is 0 Å². The Morgan fingerprint density at radius 1 is 1.15 bits per heavy atom. The van der Waals surface area contributed by atoms with Crippen LogP contribution in [0.5, 0.6) is 5.75 Å². The van der Waals surface area contributed by atoms with Gasteiger partial charge in [-0.15, -0.1) is 0 Å². The summed E-state index contributed by atoms with van der Waals surface area (Å²) in [6, 6.07) is 14.0. The number of anilines is 1. The standard InChI is InChI=1S/C21H25N3O2/c1-24(2)17-6-4-15(5-7-17)12-21(25)22-11-10-16-14-23-20-9-8-18(26-3)13-19(16)20/h4-9,13-14,23H,10-12H2,1-3H3,(H,22,25). The highest BCUT2D eigenvalue weighted by atomic mass is 16.5. The number of aromatic nitrogens is 1. The van der Waals surface area contributed by atoms with E-state index >= 15 is 0 Å².